The van der Waals surface area contributed by atoms with Crippen LogP contribution in [0.5, 0.6) is 0 Å². The Bertz CT molecular complexity index is 1130. The highest BCUT2D eigenvalue weighted by molar-refractivity contribution is 5.71. The van der Waals surface area contributed by atoms with Crippen LogP contribution in [0.2, 0.25) is 0 Å². The van der Waals surface area contributed by atoms with Crippen molar-refractivity contribution in [2.75, 3.05) is 13.2 Å². The van der Waals surface area contributed by atoms with Gasteiger partial charge < -0.3 is 14.2 Å². The van der Waals surface area contributed by atoms with Crippen LogP contribution >= 0.6 is 0 Å². The molecule has 0 saturated carbocycles. The molecule has 392 valence electrons. The molecule has 0 radical (unpaired) electrons. The molecule has 0 fully saturated rings. The molecular weight excluding hydrogens is 829 g/mol. The van der Waals surface area contributed by atoms with Crippen LogP contribution in [0.15, 0.2) is 36.5 Å². The number of carbonyl (C=O) groups excluding carboxylic acids is 3. The van der Waals surface area contributed by atoms with Crippen molar-refractivity contribution in [2.24, 2.45) is 0 Å². The third kappa shape index (κ3) is 54.4. The molecule has 0 aliphatic rings. The number of rotatable bonds is 54. The molecular formula is C61H112O6. The second kappa shape index (κ2) is 56.2. The van der Waals surface area contributed by atoms with Crippen molar-refractivity contribution in [1.29, 1.82) is 0 Å². The van der Waals surface area contributed by atoms with Crippen molar-refractivity contribution in [1.82, 2.24) is 0 Å². The standard InChI is InChI=1S/C61H112O6/c1-4-7-10-13-16-19-22-25-28-30-33-36-39-42-45-48-51-54-60(63)66-57-58(56-65-59(62)53-50-47-44-41-38-35-32-27-24-21-18-15-12-9-6-3)67-61(64)55-52-49-46-43-40-37-34-31-29-26-23-20-17-14-11-8-5-2/h17,20,25-26,28-29,58H,4-16,18-19,21-24,27,30-57H2,1-3H3/b20-17-,28-25-,29-26-/t58-/m0/s1. The first-order valence-electron chi connectivity index (χ1n) is 29.5. The molecule has 0 N–H and O–H groups in total. The molecule has 0 bridgehead atoms. The molecule has 0 spiro atoms. The molecule has 6 heteroatoms. The Kier molecular flexibility index (Phi) is 54.2. The van der Waals surface area contributed by atoms with Gasteiger partial charge in [-0.1, -0.05) is 256 Å². The van der Waals surface area contributed by atoms with E-state index in [1.165, 1.54) is 205 Å². The molecule has 0 rings (SSSR count). The molecule has 0 aromatic carbocycles. The zero-order valence-electron chi connectivity index (χ0n) is 44.9. The van der Waals surface area contributed by atoms with E-state index in [1.807, 2.05) is 0 Å². The van der Waals surface area contributed by atoms with Gasteiger partial charge in [-0.25, -0.2) is 0 Å². The average Bonchev–Trinajstić information content (AvgIpc) is 3.33. The van der Waals surface area contributed by atoms with Gasteiger partial charge in [0.1, 0.15) is 13.2 Å². The van der Waals surface area contributed by atoms with Gasteiger partial charge in [0, 0.05) is 19.3 Å². The minimum absolute atomic E-state index is 0.0730. The summed E-state index contributed by atoms with van der Waals surface area (Å²) < 4.78 is 16.9. The van der Waals surface area contributed by atoms with Gasteiger partial charge in [0.05, 0.1) is 0 Å². The quantitative estimate of drug-likeness (QED) is 0.0262. The molecule has 0 saturated heterocycles. The molecule has 6 nitrogen and oxygen atoms in total. The monoisotopic (exact) mass is 941 g/mol. The summed E-state index contributed by atoms with van der Waals surface area (Å²) >= 11 is 0. The Hall–Kier alpha value is -2.37. The van der Waals surface area contributed by atoms with Crippen molar-refractivity contribution in [3.8, 4) is 0 Å². The molecule has 0 amide bonds. The van der Waals surface area contributed by atoms with Gasteiger partial charge in [0.25, 0.3) is 0 Å². The van der Waals surface area contributed by atoms with E-state index >= 15 is 0 Å². The summed E-state index contributed by atoms with van der Waals surface area (Å²) in [5.41, 5.74) is 0. The maximum Gasteiger partial charge on any atom is 0.306 e. The highest BCUT2D eigenvalue weighted by Crippen LogP contribution is 2.16. The second-order valence-corrected chi connectivity index (χ2v) is 19.9. The number of ether oxygens (including phenoxy) is 3. The molecule has 1 atom stereocenters. The SMILES string of the molecule is CCCCC/C=C\C/C=C\CCCCCCCCCC(=O)O[C@H](COC(=O)CCCCCCCCC/C=C\CCCCCCCC)COC(=O)CCCCCCCCCCCCCCCCC. The molecule has 0 heterocycles. The Morgan fingerprint density at radius 2 is 0.537 bits per heavy atom. The van der Waals surface area contributed by atoms with Crippen LogP contribution in [0.3, 0.4) is 0 Å². The van der Waals surface area contributed by atoms with Crippen LogP contribution in [-0.2, 0) is 28.6 Å². The minimum atomic E-state index is -0.775. The van der Waals surface area contributed by atoms with Crippen LogP contribution in [-0.4, -0.2) is 37.2 Å². The first-order valence-corrected chi connectivity index (χ1v) is 29.5. The van der Waals surface area contributed by atoms with Crippen molar-refractivity contribution in [2.45, 2.75) is 322 Å². The fourth-order valence-electron chi connectivity index (χ4n) is 8.65. The smallest absolute Gasteiger partial charge is 0.306 e. The third-order valence-electron chi connectivity index (χ3n) is 13.1. The van der Waals surface area contributed by atoms with Crippen LogP contribution in [0.4, 0.5) is 0 Å². The molecule has 67 heavy (non-hydrogen) atoms. The second-order valence-electron chi connectivity index (χ2n) is 19.9. The Balaban J connectivity index is 4.36. The van der Waals surface area contributed by atoms with E-state index in [4.69, 9.17) is 14.2 Å². The Morgan fingerprint density at radius 3 is 0.866 bits per heavy atom. The summed E-state index contributed by atoms with van der Waals surface area (Å²) in [4.78, 5) is 38.2. The number of unbranched alkanes of at least 4 members (excludes halogenated alkanes) is 37. The van der Waals surface area contributed by atoms with Crippen molar-refractivity contribution >= 4 is 17.9 Å². The van der Waals surface area contributed by atoms with E-state index in [2.05, 4.69) is 57.2 Å². The van der Waals surface area contributed by atoms with Crippen molar-refractivity contribution < 1.29 is 28.6 Å². The number of hydrogen-bond donors (Lipinski definition) is 0. The Labute approximate surface area is 416 Å². The maximum absolute atomic E-state index is 12.9. The van der Waals surface area contributed by atoms with Crippen LogP contribution in [0.1, 0.15) is 316 Å². The number of esters is 3. The average molecular weight is 942 g/mol. The zero-order chi connectivity index (χ0) is 48.6. The van der Waals surface area contributed by atoms with Crippen LogP contribution in [0.25, 0.3) is 0 Å². The van der Waals surface area contributed by atoms with Gasteiger partial charge in [-0.05, 0) is 77.0 Å². The van der Waals surface area contributed by atoms with E-state index in [0.29, 0.717) is 19.3 Å². The minimum Gasteiger partial charge on any atom is -0.462 e. The molecule has 0 unspecified atom stereocenters. The lowest BCUT2D eigenvalue weighted by Crippen LogP contribution is -2.30. The molecule has 0 aromatic rings. The lowest BCUT2D eigenvalue weighted by atomic mass is 10.0. The lowest BCUT2D eigenvalue weighted by Gasteiger charge is -2.18. The third-order valence-corrected chi connectivity index (χ3v) is 13.1. The maximum atomic E-state index is 12.9. The summed E-state index contributed by atoms with van der Waals surface area (Å²) in [6.45, 7) is 6.64. The van der Waals surface area contributed by atoms with Gasteiger partial charge >= 0.3 is 17.9 Å². The normalized spacial score (nSPS) is 12.2. The van der Waals surface area contributed by atoms with E-state index < -0.39 is 6.10 Å². The molecule has 0 aliphatic heterocycles. The van der Waals surface area contributed by atoms with Gasteiger partial charge in [-0.2, -0.15) is 0 Å². The summed E-state index contributed by atoms with van der Waals surface area (Å²) in [5.74, 6) is -0.867. The van der Waals surface area contributed by atoms with E-state index in [1.54, 1.807) is 0 Å². The van der Waals surface area contributed by atoms with Gasteiger partial charge in [0.2, 0.25) is 0 Å². The predicted molar refractivity (Wildman–Crippen MR) is 289 cm³/mol. The van der Waals surface area contributed by atoms with Crippen LogP contribution < -0.4 is 0 Å². The topological polar surface area (TPSA) is 78.9 Å². The number of allylic oxidation sites excluding steroid dienone is 6. The van der Waals surface area contributed by atoms with Gasteiger partial charge in [-0.15, -0.1) is 0 Å². The molecule has 0 aliphatic carbocycles. The number of carbonyl (C=O) groups is 3. The van der Waals surface area contributed by atoms with E-state index in [0.717, 1.165) is 70.6 Å². The Morgan fingerprint density at radius 1 is 0.299 bits per heavy atom. The highest BCUT2D eigenvalue weighted by Gasteiger charge is 2.19. The van der Waals surface area contributed by atoms with Crippen molar-refractivity contribution in [3.05, 3.63) is 36.5 Å². The summed E-state index contributed by atoms with van der Waals surface area (Å²) in [5, 5.41) is 0. The summed E-state index contributed by atoms with van der Waals surface area (Å²) in [6.07, 6.45) is 67.0. The fourth-order valence-corrected chi connectivity index (χ4v) is 8.65. The zero-order valence-corrected chi connectivity index (χ0v) is 44.9. The first-order chi connectivity index (χ1) is 33.0. The van der Waals surface area contributed by atoms with Crippen LogP contribution in [0, 0.1) is 0 Å². The van der Waals surface area contributed by atoms with E-state index in [9.17, 15) is 14.4 Å². The summed E-state index contributed by atoms with van der Waals surface area (Å²) in [7, 11) is 0. The van der Waals surface area contributed by atoms with Crippen molar-refractivity contribution in [3.63, 3.8) is 0 Å². The van der Waals surface area contributed by atoms with E-state index in [-0.39, 0.29) is 31.1 Å². The summed E-state index contributed by atoms with van der Waals surface area (Å²) in [6, 6.07) is 0. The fraction of sp³-hybridized carbons (Fsp3) is 0.852. The highest BCUT2D eigenvalue weighted by atomic mass is 16.6. The lowest BCUT2D eigenvalue weighted by molar-refractivity contribution is -0.167. The first kappa shape index (κ1) is 64.6. The largest absolute Gasteiger partial charge is 0.462 e. The predicted octanol–water partition coefficient (Wildman–Crippen LogP) is 19.7. The van der Waals surface area contributed by atoms with Gasteiger partial charge in [-0.3, -0.25) is 14.4 Å². The number of hydrogen-bond acceptors (Lipinski definition) is 6. The molecule has 0 aromatic heterocycles. The van der Waals surface area contributed by atoms with Gasteiger partial charge in [0.15, 0.2) is 6.10 Å².